The molecule has 2 rings (SSSR count). The number of aliphatic carboxylic acids is 1. The molecule has 0 radical (unpaired) electrons. The molecule has 0 spiro atoms. The summed E-state index contributed by atoms with van der Waals surface area (Å²) in [7, 11) is 1.67. The molecule has 2 atom stereocenters. The van der Waals surface area contributed by atoms with E-state index in [1.165, 1.54) is 0 Å². The maximum absolute atomic E-state index is 12.6. The van der Waals surface area contributed by atoms with Gasteiger partial charge >= 0.3 is 5.97 Å². The molecule has 26 heavy (non-hydrogen) atoms. The zero-order valence-electron chi connectivity index (χ0n) is 16.1. The van der Waals surface area contributed by atoms with Gasteiger partial charge in [-0.3, -0.25) is 4.79 Å². The number of hydrogen-bond donors (Lipinski definition) is 2. The number of carboxylic acid groups (broad SMARTS) is 1. The first-order valence-corrected chi connectivity index (χ1v) is 8.93. The molecule has 0 saturated heterocycles. The highest BCUT2D eigenvalue weighted by molar-refractivity contribution is 6.00. The lowest BCUT2D eigenvalue weighted by molar-refractivity contribution is -0.140. The van der Waals surface area contributed by atoms with Crippen molar-refractivity contribution < 1.29 is 19.4 Å². The third-order valence-corrected chi connectivity index (χ3v) is 5.19. The van der Waals surface area contributed by atoms with E-state index in [1.807, 2.05) is 39.8 Å². The molecule has 1 amide bonds. The van der Waals surface area contributed by atoms with Crippen LogP contribution in [0, 0.1) is 19.8 Å². The fraction of sp³-hybridized carbons (Fsp3) is 0.500. The van der Waals surface area contributed by atoms with Crippen LogP contribution in [0.5, 0.6) is 0 Å². The molecule has 2 N–H and O–H groups in total. The average Bonchev–Trinajstić information content (AvgIpc) is 2.87. The van der Waals surface area contributed by atoms with E-state index in [9.17, 15) is 14.7 Å². The standard InChI is InChI=1S/C20H28N2O4/c1-6-12(2)18(20(24)25)21-19(23)15-7-8-17-16(11-15)13(3)14(4)22(17)9-10-26-5/h7-8,11-12,18H,6,9-10H2,1-5H3,(H,21,23)(H,24,25). The molecule has 0 bridgehead atoms. The van der Waals surface area contributed by atoms with Crippen LogP contribution in [-0.4, -0.2) is 41.3 Å². The number of carbonyl (C=O) groups excluding carboxylic acids is 1. The van der Waals surface area contributed by atoms with Crippen LogP contribution in [0.3, 0.4) is 0 Å². The molecule has 0 saturated carbocycles. The van der Waals surface area contributed by atoms with Crippen LogP contribution in [0.15, 0.2) is 18.2 Å². The van der Waals surface area contributed by atoms with Gasteiger partial charge in [0.2, 0.25) is 0 Å². The van der Waals surface area contributed by atoms with Crippen molar-refractivity contribution in [3.8, 4) is 0 Å². The fourth-order valence-electron chi connectivity index (χ4n) is 3.17. The Morgan fingerprint density at radius 3 is 2.58 bits per heavy atom. The molecule has 6 heteroatoms. The van der Waals surface area contributed by atoms with Gasteiger partial charge in [-0.15, -0.1) is 0 Å². The van der Waals surface area contributed by atoms with Gasteiger partial charge in [-0.25, -0.2) is 4.79 Å². The highest BCUT2D eigenvalue weighted by Gasteiger charge is 2.26. The smallest absolute Gasteiger partial charge is 0.326 e. The number of methoxy groups -OCH3 is 1. The number of ether oxygens (including phenoxy) is 1. The molecular weight excluding hydrogens is 332 g/mol. The Balaban J connectivity index is 2.34. The quantitative estimate of drug-likeness (QED) is 0.758. The van der Waals surface area contributed by atoms with E-state index in [1.54, 1.807) is 13.2 Å². The molecule has 0 aliphatic heterocycles. The minimum absolute atomic E-state index is 0.140. The third-order valence-electron chi connectivity index (χ3n) is 5.19. The second-order valence-corrected chi connectivity index (χ2v) is 6.76. The number of hydrogen-bond acceptors (Lipinski definition) is 3. The SMILES string of the molecule is CCC(C)C(NC(=O)c1ccc2c(c1)c(C)c(C)n2CCOC)C(=O)O. The third kappa shape index (κ3) is 3.90. The van der Waals surface area contributed by atoms with E-state index in [-0.39, 0.29) is 11.8 Å². The fourth-order valence-corrected chi connectivity index (χ4v) is 3.17. The number of carboxylic acids is 1. The van der Waals surface area contributed by atoms with Gasteiger partial charge in [0.05, 0.1) is 6.61 Å². The summed E-state index contributed by atoms with van der Waals surface area (Å²) in [5.74, 6) is -1.51. The van der Waals surface area contributed by atoms with Gasteiger partial charge in [0.25, 0.3) is 5.91 Å². The summed E-state index contributed by atoms with van der Waals surface area (Å²) in [6, 6.07) is 4.61. The van der Waals surface area contributed by atoms with Crippen LogP contribution in [0.2, 0.25) is 0 Å². The summed E-state index contributed by atoms with van der Waals surface area (Å²) >= 11 is 0. The van der Waals surface area contributed by atoms with Gasteiger partial charge in [-0.2, -0.15) is 0 Å². The summed E-state index contributed by atoms with van der Waals surface area (Å²) in [6.07, 6.45) is 0.678. The summed E-state index contributed by atoms with van der Waals surface area (Å²) < 4.78 is 7.36. The lowest BCUT2D eigenvalue weighted by atomic mass is 9.98. The first-order valence-electron chi connectivity index (χ1n) is 8.93. The van der Waals surface area contributed by atoms with Crippen molar-refractivity contribution in [2.75, 3.05) is 13.7 Å². The van der Waals surface area contributed by atoms with E-state index >= 15 is 0 Å². The predicted molar refractivity (Wildman–Crippen MR) is 102 cm³/mol. The Morgan fingerprint density at radius 1 is 1.31 bits per heavy atom. The summed E-state index contributed by atoms with van der Waals surface area (Å²) in [4.78, 5) is 24.0. The van der Waals surface area contributed by atoms with Crippen LogP contribution in [0.4, 0.5) is 0 Å². The Morgan fingerprint density at radius 2 is 2.00 bits per heavy atom. The van der Waals surface area contributed by atoms with Gasteiger partial charge < -0.3 is 19.7 Å². The maximum Gasteiger partial charge on any atom is 0.326 e. The lowest BCUT2D eigenvalue weighted by Crippen LogP contribution is -2.45. The second-order valence-electron chi connectivity index (χ2n) is 6.76. The lowest BCUT2D eigenvalue weighted by Gasteiger charge is -2.20. The van der Waals surface area contributed by atoms with Crippen molar-refractivity contribution >= 4 is 22.8 Å². The number of amides is 1. The van der Waals surface area contributed by atoms with Crippen LogP contribution in [0.1, 0.15) is 41.9 Å². The molecule has 0 aliphatic rings. The molecule has 6 nitrogen and oxygen atoms in total. The highest BCUT2D eigenvalue weighted by atomic mass is 16.5. The first kappa shape index (κ1) is 20.0. The van der Waals surface area contributed by atoms with Crippen LogP contribution < -0.4 is 5.32 Å². The van der Waals surface area contributed by atoms with Gasteiger partial charge in [0.1, 0.15) is 6.04 Å². The molecule has 0 fully saturated rings. The van der Waals surface area contributed by atoms with E-state index in [2.05, 4.69) is 9.88 Å². The predicted octanol–water partition coefficient (Wildman–Crippen LogP) is 3.13. The minimum atomic E-state index is -1.01. The Bertz CT molecular complexity index is 810. The topological polar surface area (TPSA) is 80.6 Å². The van der Waals surface area contributed by atoms with Crippen LogP contribution >= 0.6 is 0 Å². The van der Waals surface area contributed by atoms with E-state index in [0.29, 0.717) is 18.6 Å². The molecule has 1 heterocycles. The summed E-state index contributed by atoms with van der Waals surface area (Å²) in [5.41, 5.74) is 3.77. The zero-order valence-corrected chi connectivity index (χ0v) is 16.1. The van der Waals surface area contributed by atoms with Crippen molar-refractivity contribution in [2.24, 2.45) is 5.92 Å². The number of nitrogens with zero attached hydrogens (tertiary/aromatic N) is 1. The Kier molecular flexibility index (Phi) is 6.42. The van der Waals surface area contributed by atoms with Gasteiger partial charge in [0.15, 0.2) is 0 Å². The molecule has 0 aliphatic carbocycles. The number of rotatable bonds is 8. The van der Waals surface area contributed by atoms with Crippen molar-refractivity contribution in [1.82, 2.24) is 9.88 Å². The van der Waals surface area contributed by atoms with Gasteiger partial charge in [-0.05, 0) is 43.5 Å². The number of nitrogens with one attached hydrogen (secondary N) is 1. The largest absolute Gasteiger partial charge is 0.480 e. The number of aromatic nitrogens is 1. The first-order chi connectivity index (χ1) is 12.3. The number of benzene rings is 1. The number of carbonyl (C=O) groups is 2. The normalized spacial score (nSPS) is 13.6. The monoisotopic (exact) mass is 360 g/mol. The Labute approximate surface area is 154 Å². The van der Waals surface area contributed by atoms with Crippen LogP contribution in [0.25, 0.3) is 10.9 Å². The van der Waals surface area contributed by atoms with E-state index in [4.69, 9.17) is 4.74 Å². The average molecular weight is 360 g/mol. The molecule has 1 aromatic carbocycles. The van der Waals surface area contributed by atoms with Crippen molar-refractivity contribution in [3.63, 3.8) is 0 Å². The minimum Gasteiger partial charge on any atom is -0.480 e. The van der Waals surface area contributed by atoms with Gasteiger partial charge in [-0.1, -0.05) is 20.3 Å². The molecule has 142 valence electrons. The van der Waals surface area contributed by atoms with Crippen molar-refractivity contribution in [3.05, 3.63) is 35.0 Å². The zero-order chi connectivity index (χ0) is 19.4. The highest BCUT2D eigenvalue weighted by Crippen LogP contribution is 2.26. The molecule has 1 aromatic heterocycles. The molecule has 2 unspecified atom stereocenters. The number of fused-ring (bicyclic) bond motifs is 1. The summed E-state index contributed by atoms with van der Waals surface area (Å²) in [6.45, 7) is 9.17. The van der Waals surface area contributed by atoms with Gasteiger partial charge in [0, 0.05) is 35.8 Å². The van der Waals surface area contributed by atoms with Crippen LogP contribution in [-0.2, 0) is 16.1 Å². The Hall–Kier alpha value is -2.34. The van der Waals surface area contributed by atoms with E-state index < -0.39 is 12.0 Å². The van der Waals surface area contributed by atoms with Crippen molar-refractivity contribution in [1.29, 1.82) is 0 Å². The molecule has 2 aromatic rings. The van der Waals surface area contributed by atoms with E-state index in [0.717, 1.165) is 28.7 Å². The summed E-state index contributed by atoms with van der Waals surface area (Å²) in [5, 5.41) is 13.0. The molecular formula is C20H28N2O4. The van der Waals surface area contributed by atoms with Crippen molar-refractivity contribution in [2.45, 2.75) is 46.7 Å². The second kappa shape index (κ2) is 8.36. The maximum atomic E-state index is 12.6. The number of aryl methyl sites for hydroxylation is 1.